The highest BCUT2D eigenvalue weighted by Gasteiger charge is 2.41. The molecule has 2 atom stereocenters. The van der Waals surface area contributed by atoms with Gasteiger partial charge >= 0.3 is 11.9 Å². The molecule has 1 fully saturated rings. The number of hydrogen-bond donors (Lipinski definition) is 0. The molecule has 0 bridgehead atoms. The number of esters is 2. The summed E-state index contributed by atoms with van der Waals surface area (Å²) in [6.07, 6.45) is -0.215. The van der Waals surface area contributed by atoms with Crippen molar-refractivity contribution < 1.29 is 28.5 Å². The van der Waals surface area contributed by atoms with Gasteiger partial charge in [0.2, 0.25) is 0 Å². The molecule has 1 saturated heterocycles. The quantitative estimate of drug-likeness (QED) is 0.614. The molecule has 0 saturated carbocycles. The molecule has 1 aromatic rings. The number of hydrogen-bond acceptors (Lipinski definition) is 6. The van der Waals surface area contributed by atoms with Crippen LogP contribution in [0.2, 0.25) is 0 Å². The van der Waals surface area contributed by atoms with Crippen LogP contribution in [0.1, 0.15) is 18.1 Å². The van der Waals surface area contributed by atoms with E-state index in [1.54, 1.807) is 25.3 Å². The van der Waals surface area contributed by atoms with Gasteiger partial charge in [-0.05, 0) is 17.7 Å². The molecule has 0 aromatic heterocycles. The predicted molar refractivity (Wildman–Crippen MR) is 68.5 cm³/mol. The second kappa shape index (κ2) is 5.81. The van der Waals surface area contributed by atoms with E-state index in [2.05, 4.69) is 4.74 Å². The number of carbonyl (C=O) groups excluding carboxylic acids is 2. The Morgan fingerprint density at radius 3 is 2.50 bits per heavy atom. The van der Waals surface area contributed by atoms with Crippen LogP contribution in [0, 0.1) is 5.92 Å². The third-order valence-electron chi connectivity index (χ3n) is 3.26. The normalized spacial score (nSPS) is 21.2. The van der Waals surface area contributed by atoms with Crippen LogP contribution in [0.15, 0.2) is 18.2 Å². The van der Waals surface area contributed by atoms with Crippen molar-refractivity contribution in [2.45, 2.75) is 12.5 Å². The molecular weight excluding hydrogens is 264 g/mol. The van der Waals surface area contributed by atoms with Gasteiger partial charge in [0, 0.05) is 6.42 Å². The van der Waals surface area contributed by atoms with Gasteiger partial charge in [0.25, 0.3) is 0 Å². The molecule has 1 aliphatic rings. The zero-order valence-corrected chi connectivity index (χ0v) is 11.5. The van der Waals surface area contributed by atoms with Crippen LogP contribution in [-0.4, -0.2) is 33.3 Å². The first-order chi connectivity index (χ1) is 9.60. The van der Waals surface area contributed by atoms with E-state index in [9.17, 15) is 9.59 Å². The zero-order chi connectivity index (χ0) is 14.7. The molecule has 108 valence electrons. The molecule has 20 heavy (non-hydrogen) atoms. The first-order valence-corrected chi connectivity index (χ1v) is 6.11. The van der Waals surface area contributed by atoms with Crippen LogP contribution in [0.25, 0.3) is 0 Å². The molecule has 2 rings (SSSR count). The molecular formula is C14H16O6. The summed E-state index contributed by atoms with van der Waals surface area (Å²) in [6, 6.07) is 5.24. The van der Waals surface area contributed by atoms with Gasteiger partial charge in [0.1, 0.15) is 6.10 Å². The van der Waals surface area contributed by atoms with Gasteiger partial charge < -0.3 is 18.9 Å². The fourth-order valence-corrected chi connectivity index (χ4v) is 2.17. The minimum atomic E-state index is -0.863. The SMILES string of the molecule is COC(=O)[C@@H]1C[C@H](c2ccc(OC)c(OC)c2)OC1=O. The average Bonchev–Trinajstić information content (AvgIpc) is 2.87. The van der Waals surface area contributed by atoms with Crippen LogP contribution in [0.4, 0.5) is 0 Å². The van der Waals surface area contributed by atoms with E-state index >= 15 is 0 Å². The molecule has 0 spiro atoms. The largest absolute Gasteiger partial charge is 0.493 e. The molecule has 0 aliphatic carbocycles. The maximum absolute atomic E-state index is 11.7. The minimum absolute atomic E-state index is 0.265. The van der Waals surface area contributed by atoms with Gasteiger partial charge in [-0.2, -0.15) is 0 Å². The number of rotatable bonds is 4. The standard InChI is InChI=1S/C14H16O6/c1-17-10-5-4-8(6-12(10)18-2)11-7-9(13(15)19-3)14(16)20-11/h4-6,9,11H,7H2,1-3H3/t9-,11+/m0/s1. The van der Waals surface area contributed by atoms with E-state index in [0.29, 0.717) is 11.5 Å². The third kappa shape index (κ3) is 2.54. The molecule has 0 N–H and O–H groups in total. The third-order valence-corrected chi connectivity index (χ3v) is 3.26. The van der Waals surface area contributed by atoms with Crippen LogP contribution in [0.5, 0.6) is 11.5 Å². The molecule has 1 aliphatic heterocycles. The van der Waals surface area contributed by atoms with Crippen molar-refractivity contribution in [1.29, 1.82) is 0 Å². The fourth-order valence-electron chi connectivity index (χ4n) is 2.17. The summed E-state index contributed by atoms with van der Waals surface area (Å²) in [5.41, 5.74) is 0.752. The summed E-state index contributed by atoms with van der Waals surface area (Å²) < 4.78 is 20.2. The van der Waals surface area contributed by atoms with Gasteiger partial charge in [-0.3, -0.25) is 9.59 Å². The van der Waals surface area contributed by atoms with Gasteiger partial charge in [-0.1, -0.05) is 6.07 Å². The van der Waals surface area contributed by atoms with E-state index in [-0.39, 0.29) is 6.42 Å². The van der Waals surface area contributed by atoms with Crippen molar-refractivity contribution in [3.8, 4) is 11.5 Å². The van der Waals surface area contributed by atoms with Crippen molar-refractivity contribution in [2.75, 3.05) is 21.3 Å². The minimum Gasteiger partial charge on any atom is -0.493 e. The van der Waals surface area contributed by atoms with Crippen LogP contribution >= 0.6 is 0 Å². The lowest BCUT2D eigenvalue weighted by molar-refractivity contribution is -0.154. The summed E-state index contributed by atoms with van der Waals surface area (Å²) in [5.74, 6) is -0.861. The molecule has 0 amide bonds. The fraction of sp³-hybridized carbons (Fsp3) is 0.429. The molecule has 1 aromatic carbocycles. The first kappa shape index (κ1) is 14.2. The summed E-state index contributed by atoms with van der Waals surface area (Å²) >= 11 is 0. The summed E-state index contributed by atoms with van der Waals surface area (Å²) in [7, 11) is 4.32. The highest BCUT2D eigenvalue weighted by molar-refractivity contribution is 5.96. The number of benzene rings is 1. The maximum atomic E-state index is 11.7. The van der Waals surface area contributed by atoms with Crippen molar-refractivity contribution in [3.63, 3.8) is 0 Å². The maximum Gasteiger partial charge on any atom is 0.321 e. The van der Waals surface area contributed by atoms with E-state index in [0.717, 1.165) is 5.56 Å². The van der Waals surface area contributed by atoms with Crippen molar-refractivity contribution >= 4 is 11.9 Å². The molecule has 0 unspecified atom stereocenters. The van der Waals surface area contributed by atoms with Gasteiger partial charge in [0.05, 0.1) is 21.3 Å². The van der Waals surface area contributed by atoms with Crippen molar-refractivity contribution in [3.05, 3.63) is 23.8 Å². The van der Waals surface area contributed by atoms with Gasteiger partial charge in [0.15, 0.2) is 17.4 Å². The summed E-state index contributed by atoms with van der Waals surface area (Å²) in [4.78, 5) is 23.1. The Balaban J connectivity index is 2.21. The number of methoxy groups -OCH3 is 3. The Morgan fingerprint density at radius 2 is 1.90 bits per heavy atom. The predicted octanol–water partition coefficient (Wildman–Crippen LogP) is 1.48. The molecule has 0 radical (unpaired) electrons. The number of carbonyl (C=O) groups is 2. The monoisotopic (exact) mass is 280 g/mol. The van der Waals surface area contributed by atoms with Gasteiger partial charge in [-0.25, -0.2) is 0 Å². The van der Waals surface area contributed by atoms with Crippen LogP contribution in [0.3, 0.4) is 0 Å². The van der Waals surface area contributed by atoms with Gasteiger partial charge in [-0.15, -0.1) is 0 Å². The van der Waals surface area contributed by atoms with E-state index in [1.165, 1.54) is 14.2 Å². The summed E-state index contributed by atoms with van der Waals surface area (Å²) in [6.45, 7) is 0. The highest BCUT2D eigenvalue weighted by Crippen LogP contribution is 2.37. The molecule has 1 heterocycles. The Bertz CT molecular complexity index is 524. The Kier molecular flexibility index (Phi) is 4.12. The second-order valence-electron chi connectivity index (χ2n) is 4.35. The lowest BCUT2D eigenvalue weighted by atomic mass is 10.00. The van der Waals surface area contributed by atoms with Crippen LogP contribution < -0.4 is 9.47 Å². The zero-order valence-electron chi connectivity index (χ0n) is 11.5. The second-order valence-corrected chi connectivity index (χ2v) is 4.35. The van der Waals surface area contributed by atoms with E-state index in [1.807, 2.05) is 0 Å². The van der Waals surface area contributed by atoms with E-state index in [4.69, 9.17) is 14.2 Å². The highest BCUT2D eigenvalue weighted by atomic mass is 16.6. The van der Waals surface area contributed by atoms with Crippen molar-refractivity contribution in [2.24, 2.45) is 5.92 Å². The van der Waals surface area contributed by atoms with E-state index < -0.39 is 24.0 Å². The van der Waals surface area contributed by atoms with Crippen molar-refractivity contribution in [1.82, 2.24) is 0 Å². The van der Waals surface area contributed by atoms with Crippen LogP contribution in [-0.2, 0) is 19.1 Å². The number of ether oxygens (including phenoxy) is 4. The Hall–Kier alpha value is -2.24. The Labute approximate surface area is 116 Å². The average molecular weight is 280 g/mol. The summed E-state index contributed by atoms with van der Waals surface area (Å²) in [5, 5.41) is 0. The number of cyclic esters (lactones) is 1. The lowest BCUT2D eigenvalue weighted by Crippen LogP contribution is -2.20. The topological polar surface area (TPSA) is 71.1 Å². The smallest absolute Gasteiger partial charge is 0.321 e. The Morgan fingerprint density at radius 1 is 1.20 bits per heavy atom. The lowest BCUT2D eigenvalue weighted by Gasteiger charge is -2.13. The molecule has 6 heteroatoms. The molecule has 6 nitrogen and oxygen atoms in total. The first-order valence-electron chi connectivity index (χ1n) is 6.11.